The van der Waals surface area contributed by atoms with E-state index in [1.54, 1.807) is 0 Å². The predicted octanol–water partition coefficient (Wildman–Crippen LogP) is 5.57. The zero-order valence-corrected chi connectivity index (χ0v) is 25.5. The van der Waals surface area contributed by atoms with Crippen molar-refractivity contribution in [3.05, 3.63) is 0 Å². The van der Waals surface area contributed by atoms with Crippen LogP contribution in [0.15, 0.2) is 0 Å². The van der Waals surface area contributed by atoms with Gasteiger partial charge >= 0.3 is 0 Å². The molecule has 0 spiro atoms. The first kappa shape index (κ1) is 37.7. The van der Waals surface area contributed by atoms with Gasteiger partial charge in [0, 0.05) is 6.61 Å². The Hall–Kier alpha value is -0.320. The van der Waals surface area contributed by atoms with E-state index in [2.05, 4.69) is 13.8 Å². The van der Waals surface area contributed by atoms with Gasteiger partial charge in [-0.25, -0.2) is 0 Å². The maximum atomic E-state index is 8.63. The van der Waals surface area contributed by atoms with E-state index in [1.807, 2.05) is 20.8 Å². The first-order valence-corrected chi connectivity index (χ1v) is 15.3. The Morgan fingerprint density at radius 3 is 1.37 bits per heavy atom. The summed E-state index contributed by atoms with van der Waals surface area (Å²) in [5.74, 6) is 0. The lowest BCUT2D eigenvalue weighted by molar-refractivity contribution is -0.0950. The van der Waals surface area contributed by atoms with Crippen molar-refractivity contribution in [1.29, 1.82) is 0 Å². The molecule has 4 atom stereocenters. The smallest absolute Gasteiger partial charge is 0.0781 e. The van der Waals surface area contributed by atoms with Crippen molar-refractivity contribution in [3.63, 3.8) is 0 Å². The Kier molecular flexibility index (Phi) is 29.4. The van der Waals surface area contributed by atoms with E-state index in [-0.39, 0.29) is 31.0 Å². The van der Waals surface area contributed by atoms with Gasteiger partial charge in [-0.1, -0.05) is 64.7 Å². The quantitative estimate of drug-likeness (QED) is 0.112. The van der Waals surface area contributed by atoms with Crippen molar-refractivity contribution in [2.45, 2.75) is 123 Å². The number of ether oxygens (including phenoxy) is 7. The minimum absolute atomic E-state index is 0.00217. The van der Waals surface area contributed by atoms with Gasteiger partial charge in [-0.3, -0.25) is 0 Å². The number of aliphatic hydroxyl groups is 1. The van der Waals surface area contributed by atoms with Crippen LogP contribution in [0.4, 0.5) is 0 Å². The van der Waals surface area contributed by atoms with Gasteiger partial charge in [-0.15, -0.1) is 0 Å². The highest BCUT2D eigenvalue weighted by Crippen LogP contribution is 2.10. The molecule has 1 N–H and O–H groups in total. The van der Waals surface area contributed by atoms with E-state index in [9.17, 15) is 0 Å². The Labute approximate surface area is 234 Å². The van der Waals surface area contributed by atoms with E-state index in [1.165, 1.54) is 57.8 Å². The molecule has 4 unspecified atom stereocenters. The summed E-state index contributed by atoms with van der Waals surface area (Å²) in [5, 5.41) is 8.63. The normalized spacial score (nSPS) is 15.0. The molecule has 8 nitrogen and oxygen atoms in total. The zero-order valence-electron chi connectivity index (χ0n) is 25.5. The fourth-order valence-corrected chi connectivity index (χ4v) is 3.73. The van der Waals surface area contributed by atoms with Crippen LogP contribution in [0.5, 0.6) is 0 Å². The van der Waals surface area contributed by atoms with E-state index < -0.39 is 0 Å². The minimum atomic E-state index is -0.0229. The molecule has 0 rings (SSSR count). The lowest BCUT2D eigenvalue weighted by Crippen LogP contribution is -2.28. The van der Waals surface area contributed by atoms with Crippen molar-refractivity contribution in [1.82, 2.24) is 0 Å². The molecule has 0 aliphatic heterocycles. The Bertz CT molecular complexity index is 454. The molecule has 0 saturated carbocycles. The van der Waals surface area contributed by atoms with E-state index in [0.29, 0.717) is 59.5 Å². The lowest BCUT2D eigenvalue weighted by atomic mass is 10.1. The number of hydrogen-bond acceptors (Lipinski definition) is 8. The molecule has 0 saturated heterocycles. The van der Waals surface area contributed by atoms with Crippen LogP contribution >= 0.6 is 0 Å². The molecule has 0 aromatic carbocycles. The second-order valence-corrected chi connectivity index (χ2v) is 10.3. The third kappa shape index (κ3) is 28.7. The van der Waals surface area contributed by atoms with Crippen LogP contribution in [0, 0.1) is 0 Å². The summed E-state index contributed by atoms with van der Waals surface area (Å²) in [6.07, 6.45) is 13.4. The molecule has 38 heavy (non-hydrogen) atoms. The number of rotatable bonds is 31. The third-order valence-electron chi connectivity index (χ3n) is 6.08. The first-order valence-electron chi connectivity index (χ1n) is 15.3. The molecule has 0 radical (unpaired) electrons. The highest BCUT2D eigenvalue weighted by molar-refractivity contribution is 4.57. The summed E-state index contributed by atoms with van der Waals surface area (Å²) in [4.78, 5) is 0. The lowest BCUT2D eigenvalue weighted by Gasteiger charge is -2.21. The van der Waals surface area contributed by atoms with Crippen molar-refractivity contribution in [2.24, 2.45) is 0 Å². The van der Waals surface area contributed by atoms with Gasteiger partial charge in [0.05, 0.1) is 90.5 Å². The topological polar surface area (TPSA) is 84.8 Å². The largest absolute Gasteiger partial charge is 0.394 e. The summed E-state index contributed by atoms with van der Waals surface area (Å²) in [7, 11) is 0. The summed E-state index contributed by atoms with van der Waals surface area (Å²) < 4.78 is 39.6. The van der Waals surface area contributed by atoms with Gasteiger partial charge in [0.15, 0.2) is 0 Å². The molecular formula is C30H62O8. The van der Waals surface area contributed by atoms with Crippen molar-refractivity contribution >= 4 is 0 Å². The van der Waals surface area contributed by atoms with Gasteiger partial charge in [0.25, 0.3) is 0 Å². The molecule has 0 bridgehead atoms. The van der Waals surface area contributed by atoms with Crippen LogP contribution in [-0.4, -0.2) is 102 Å². The number of unbranched alkanes of at least 4 members (excludes halogenated alkanes) is 9. The zero-order chi connectivity index (χ0) is 28.1. The van der Waals surface area contributed by atoms with E-state index >= 15 is 0 Å². The van der Waals surface area contributed by atoms with Crippen molar-refractivity contribution < 1.29 is 38.3 Å². The second-order valence-electron chi connectivity index (χ2n) is 10.3. The summed E-state index contributed by atoms with van der Waals surface area (Å²) in [5.41, 5.74) is 0. The molecule has 0 aromatic heterocycles. The van der Waals surface area contributed by atoms with Gasteiger partial charge < -0.3 is 38.3 Å². The van der Waals surface area contributed by atoms with E-state index in [4.69, 9.17) is 38.3 Å². The van der Waals surface area contributed by atoms with Crippen LogP contribution in [-0.2, 0) is 33.2 Å². The maximum Gasteiger partial charge on any atom is 0.0781 e. The maximum absolute atomic E-state index is 8.63. The molecule has 0 aromatic rings. The average molecular weight is 551 g/mol. The molecule has 0 heterocycles. The monoisotopic (exact) mass is 550 g/mol. The van der Waals surface area contributed by atoms with Crippen LogP contribution in [0.1, 0.15) is 98.8 Å². The fourth-order valence-electron chi connectivity index (χ4n) is 3.73. The van der Waals surface area contributed by atoms with Crippen molar-refractivity contribution in [3.8, 4) is 0 Å². The predicted molar refractivity (Wildman–Crippen MR) is 153 cm³/mol. The highest BCUT2D eigenvalue weighted by Gasteiger charge is 2.11. The average Bonchev–Trinajstić information content (AvgIpc) is 2.91. The standard InChI is InChI=1S/C30H62O8/c1-6-7-8-9-10-11-12-13-14-15-17-34-23-27(2)36-25-29(4)38-26-30(5)37-24-28(3)35-22-21-33-20-19-32-18-16-31/h27-31H,6-26H2,1-5H3. The Balaban J connectivity index is 3.51. The number of hydrogen-bond donors (Lipinski definition) is 1. The van der Waals surface area contributed by atoms with Crippen LogP contribution < -0.4 is 0 Å². The first-order chi connectivity index (χ1) is 18.5. The molecule has 230 valence electrons. The molecule has 0 fully saturated rings. The Morgan fingerprint density at radius 1 is 0.421 bits per heavy atom. The molecule has 8 heteroatoms. The summed E-state index contributed by atoms with van der Waals surface area (Å²) >= 11 is 0. The Morgan fingerprint density at radius 2 is 0.842 bits per heavy atom. The summed E-state index contributed by atoms with van der Waals surface area (Å²) in [6.45, 7) is 15.7. The van der Waals surface area contributed by atoms with E-state index in [0.717, 1.165) is 13.0 Å². The second kappa shape index (κ2) is 29.7. The van der Waals surface area contributed by atoms with Crippen molar-refractivity contribution in [2.75, 3.05) is 72.7 Å². The highest BCUT2D eigenvalue weighted by atomic mass is 16.6. The molecule has 0 amide bonds. The van der Waals surface area contributed by atoms with Gasteiger partial charge in [0.1, 0.15) is 0 Å². The van der Waals surface area contributed by atoms with Crippen LogP contribution in [0.2, 0.25) is 0 Å². The SMILES string of the molecule is CCCCCCCCCCCCOCC(C)OCC(C)OCC(C)OCC(C)OCCOCCOCCO. The molecule has 0 aliphatic carbocycles. The number of aliphatic hydroxyl groups excluding tert-OH is 1. The molecular weight excluding hydrogens is 488 g/mol. The minimum Gasteiger partial charge on any atom is -0.394 e. The molecule has 0 aliphatic rings. The van der Waals surface area contributed by atoms with Crippen LogP contribution in [0.3, 0.4) is 0 Å². The van der Waals surface area contributed by atoms with Gasteiger partial charge in [0.2, 0.25) is 0 Å². The van der Waals surface area contributed by atoms with Crippen LogP contribution in [0.25, 0.3) is 0 Å². The fraction of sp³-hybridized carbons (Fsp3) is 1.00. The third-order valence-corrected chi connectivity index (χ3v) is 6.08. The van der Waals surface area contributed by atoms with Gasteiger partial charge in [-0.05, 0) is 34.1 Å². The van der Waals surface area contributed by atoms with Gasteiger partial charge in [-0.2, -0.15) is 0 Å². The summed E-state index contributed by atoms with van der Waals surface area (Å²) in [6, 6.07) is 0.